The lowest BCUT2D eigenvalue weighted by Gasteiger charge is -2.30. The van der Waals surface area contributed by atoms with Crippen molar-refractivity contribution in [1.29, 1.82) is 0 Å². The zero-order valence-corrected chi connectivity index (χ0v) is 18.3. The first-order valence-corrected chi connectivity index (χ1v) is 10.7. The molecule has 2 amide bonds. The summed E-state index contributed by atoms with van der Waals surface area (Å²) < 4.78 is 5.81. The largest absolute Gasteiger partial charge is 0.491 e. The molecule has 3 rings (SSSR count). The molecule has 1 aliphatic rings. The fourth-order valence-corrected chi connectivity index (χ4v) is 3.70. The van der Waals surface area contributed by atoms with Gasteiger partial charge in [-0.2, -0.15) is 0 Å². The standard InChI is InChI=1S/C24H32N4O3/c1-27(2)14-15-31-22-9-4-3-8-21(22)24(30)26-20-7-5-6-18(16-20)17-28-12-10-19(11-13-28)23(25)29/h3-9,16,19H,10-15,17H2,1-2H3,(H2,25,29)(H,26,30). The van der Waals surface area contributed by atoms with Crippen molar-refractivity contribution in [3.05, 3.63) is 59.7 Å². The summed E-state index contributed by atoms with van der Waals surface area (Å²) in [5, 5.41) is 2.99. The van der Waals surface area contributed by atoms with Crippen LogP contribution in [0.4, 0.5) is 5.69 Å². The number of carbonyl (C=O) groups excluding carboxylic acids is 2. The molecule has 0 saturated carbocycles. The highest BCUT2D eigenvalue weighted by molar-refractivity contribution is 6.06. The fraction of sp³-hybridized carbons (Fsp3) is 0.417. The molecule has 0 bridgehead atoms. The van der Waals surface area contributed by atoms with Gasteiger partial charge in [-0.05, 0) is 69.9 Å². The highest BCUT2D eigenvalue weighted by atomic mass is 16.5. The summed E-state index contributed by atoms with van der Waals surface area (Å²) >= 11 is 0. The third kappa shape index (κ3) is 6.80. The van der Waals surface area contributed by atoms with Crippen molar-refractivity contribution in [3.63, 3.8) is 0 Å². The average Bonchev–Trinajstić information content (AvgIpc) is 2.74. The minimum absolute atomic E-state index is 0.0121. The Morgan fingerprint density at radius 2 is 1.87 bits per heavy atom. The van der Waals surface area contributed by atoms with Gasteiger partial charge >= 0.3 is 0 Å². The number of carbonyl (C=O) groups is 2. The summed E-state index contributed by atoms with van der Waals surface area (Å²) in [6.45, 7) is 3.76. The second kappa shape index (κ2) is 10.9. The van der Waals surface area contributed by atoms with Crippen LogP contribution in [0.5, 0.6) is 5.75 Å². The van der Waals surface area contributed by atoms with Crippen LogP contribution in [0.25, 0.3) is 0 Å². The maximum atomic E-state index is 12.9. The van der Waals surface area contributed by atoms with Gasteiger partial charge in [-0.15, -0.1) is 0 Å². The van der Waals surface area contributed by atoms with Gasteiger partial charge in [0.15, 0.2) is 0 Å². The van der Waals surface area contributed by atoms with E-state index in [1.165, 1.54) is 0 Å². The number of likely N-dealkylation sites (N-methyl/N-ethyl adjacent to an activating group) is 1. The first kappa shape index (κ1) is 22.8. The molecule has 0 unspecified atom stereocenters. The van der Waals surface area contributed by atoms with Crippen LogP contribution in [-0.4, -0.2) is 62.0 Å². The smallest absolute Gasteiger partial charge is 0.259 e. The maximum Gasteiger partial charge on any atom is 0.259 e. The summed E-state index contributed by atoms with van der Waals surface area (Å²) in [6, 6.07) is 15.2. The highest BCUT2D eigenvalue weighted by Gasteiger charge is 2.23. The van der Waals surface area contributed by atoms with Crippen LogP contribution in [0.1, 0.15) is 28.8 Å². The molecule has 0 aromatic heterocycles. The topological polar surface area (TPSA) is 87.9 Å². The highest BCUT2D eigenvalue weighted by Crippen LogP contribution is 2.22. The van der Waals surface area contributed by atoms with E-state index in [0.29, 0.717) is 17.9 Å². The number of amides is 2. The average molecular weight is 425 g/mol. The number of hydrogen-bond acceptors (Lipinski definition) is 5. The van der Waals surface area contributed by atoms with Crippen molar-refractivity contribution < 1.29 is 14.3 Å². The molecule has 3 N–H and O–H groups in total. The van der Waals surface area contributed by atoms with Crippen molar-refractivity contribution in [2.45, 2.75) is 19.4 Å². The Labute approximate surface area is 184 Å². The minimum Gasteiger partial charge on any atom is -0.491 e. The summed E-state index contributed by atoms with van der Waals surface area (Å²) in [5.41, 5.74) is 7.80. The van der Waals surface area contributed by atoms with Crippen molar-refractivity contribution in [1.82, 2.24) is 9.80 Å². The number of ether oxygens (including phenoxy) is 1. The van der Waals surface area contributed by atoms with Gasteiger partial charge < -0.3 is 20.7 Å². The van der Waals surface area contributed by atoms with Gasteiger partial charge in [-0.3, -0.25) is 14.5 Å². The van der Waals surface area contributed by atoms with Crippen LogP contribution in [-0.2, 0) is 11.3 Å². The molecule has 0 atom stereocenters. The second-order valence-corrected chi connectivity index (χ2v) is 8.26. The number of para-hydroxylation sites is 1. The molecular weight excluding hydrogens is 392 g/mol. The van der Waals surface area contributed by atoms with Gasteiger partial charge in [0.1, 0.15) is 12.4 Å². The molecule has 0 aliphatic carbocycles. The van der Waals surface area contributed by atoms with Crippen molar-refractivity contribution in [3.8, 4) is 5.75 Å². The molecule has 2 aromatic carbocycles. The second-order valence-electron chi connectivity index (χ2n) is 8.26. The molecule has 1 aliphatic heterocycles. The van der Waals surface area contributed by atoms with Crippen LogP contribution < -0.4 is 15.8 Å². The molecule has 1 fully saturated rings. The summed E-state index contributed by atoms with van der Waals surface area (Å²) in [5.74, 6) is 0.174. The molecule has 31 heavy (non-hydrogen) atoms. The van der Waals surface area contributed by atoms with E-state index in [4.69, 9.17) is 10.5 Å². The Kier molecular flexibility index (Phi) is 8.03. The molecule has 166 valence electrons. The van der Waals surface area contributed by atoms with Crippen LogP contribution in [0.3, 0.4) is 0 Å². The van der Waals surface area contributed by atoms with Crippen molar-refractivity contribution in [2.75, 3.05) is 45.7 Å². The normalized spacial score (nSPS) is 15.1. The number of hydrogen-bond donors (Lipinski definition) is 2. The van der Waals surface area contributed by atoms with E-state index < -0.39 is 0 Å². The number of nitrogens with one attached hydrogen (secondary N) is 1. The lowest BCUT2D eigenvalue weighted by molar-refractivity contribution is -0.123. The van der Waals surface area contributed by atoms with Gasteiger partial charge in [0, 0.05) is 24.7 Å². The van der Waals surface area contributed by atoms with E-state index >= 15 is 0 Å². The zero-order chi connectivity index (χ0) is 22.2. The molecule has 0 spiro atoms. The Balaban J connectivity index is 1.60. The molecule has 0 radical (unpaired) electrons. The molecule has 1 saturated heterocycles. The Hall–Kier alpha value is -2.90. The van der Waals surface area contributed by atoms with Crippen LogP contribution in [0, 0.1) is 5.92 Å². The molecule has 7 heteroatoms. The minimum atomic E-state index is -0.199. The quantitative estimate of drug-likeness (QED) is 0.646. The van der Waals surface area contributed by atoms with Gasteiger partial charge in [0.25, 0.3) is 5.91 Å². The van der Waals surface area contributed by atoms with E-state index in [1.807, 2.05) is 61.5 Å². The van der Waals surface area contributed by atoms with E-state index in [0.717, 1.165) is 50.3 Å². The predicted octanol–water partition coefficient (Wildman–Crippen LogP) is 2.58. The Bertz CT molecular complexity index is 892. The van der Waals surface area contributed by atoms with E-state index in [1.54, 1.807) is 6.07 Å². The first-order valence-electron chi connectivity index (χ1n) is 10.7. The Morgan fingerprint density at radius 1 is 1.13 bits per heavy atom. The third-order valence-electron chi connectivity index (χ3n) is 5.51. The molecule has 7 nitrogen and oxygen atoms in total. The van der Waals surface area contributed by atoms with Crippen LogP contribution in [0.15, 0.2) is 48.5 Å². The number of benzene rings is 2. The summed E-state index contributed by atoms with van der Waals surface area (Å²) in [6.07, 6.45) is 1.60. The van der Waals surface area contributed by atoms with Gasteiger partial charge in [-0.25, -0.2) is 0 Å². The monoisotopic (exact) mass is 424 g/mol. The van der Waals surface area contributed by atoms with Crippen molar-refractivity contribution >= 4 is 17.5 Å². The predicted molar refractivity (Wildman–Crippen MR) is 122 cm³/mol. The van der Waals surface area contributed by atoms with Crippen LogP contribution >= 0.6 is 0 Å². The SMILES string of the molecule is CN(C)CCOc1ccccc1C(=O)Nc1cccc(CN2CCC(C(N)=O)CC2)c1. The molecule has 2 aromatic rings. The van der Waals surface area contributed by atoms with E-state index in [2.05, 4.69) is 10.2 Å². The van der Waals surface area contributed by atoms with E-state index in [9.17, 15) is 9.59 Å². The zero-order valence-electron chi connectivity index (χ0n) is 18.3. The number of nitrogens with zero attached hydrogens (tertiary/aromatic N) is 2. The first-order chi connectivity index (χ1) is 14.9. The van der Waals surface area contributed by atoms with Gasteiger partial charge in [0.05, 0.1) is 5.56 Å². The lowest BCUT2D eigenvalue weighted by Crippen LogP contribution is -2.38. The third-order valence-corrected chi connectivity index (χ3v) is 5.51. The number of piperidine rings is 1. The van der Waals surface area contributed by atoms with E-state index in [-0.39, 0.29) is 17.7 Å². The number of nitrogens with two attached hydrogens (primary N) is 1. The summed E-state index contributed by atoms with van der Waals surface area (Å²) in [4.78, 5) is 28.6. The Morgan fingerprint density at radius 3 is 2.58 bits per heavy atom. The van der Waals surface area contributed by atoms with Crippen LogP contribution in [0.2, 0.25) is 0 Å². The number of rotatable bonds is 9. The molecular formula is C24H32N4O3. The van der Waals surface area contributed by atoms with Gasteiger partial charge in [0.2, 0.25) is 5.91 Å². The maximum absolute atomic E-state index is 12.9. The van der Waals surface area contributed by atoms with Gasteiger partial charge in [-0.1, -0.05) is 24.3 Å². The van der Waals surface area contributed by atoms with Crippen molar-refractivity contribution in [2.24, 2.45) is 11.7 Å². The summed E-state index contributed by atoms with van der Waals surface area (Å²) in [7, 11) is 3.96. The number of primary amides is 1. The fourth-order valence-electron chi connectivity index (χ4n) is 3.70. The molecule has 1 heterocycles. The lowest BCUT2D eigenvalue weighted by atomic mass is 9.96. The number of anilines is 1. The number of likely N-dealkylation sites (tertiary alicyclic amines) is 1.